The minimum absolute atomic E-state index is 0. The van der Waals surface area contributed by atoms with Crippen LogP contribution in [0.1, 0.15) is 15.9 Å². The molecule has 0 aromatic heterocycles. The lowest BCUT2D eigenvalue weighted by Gasteiger charge is -2.11. The molecule has 0 radical (unpaired) electrons. The van der Waals surface area contributed by atoms with Crippen LogP contribution in [0.5, 0.6) is 0 Å². The van der Waals surface area contributed by atoms with E-state index in [0.717, 1.165) is 6.07 Å². The number of aromatic carboxylic acids is 1. The van der Waals surface area contributed by atoms with Crippen LogP contribution >= 0.6 is 12.4 Å². The molecule has 2 nitrogen and oxygen atoms in total. The van der Waals surface area contributed by atoms with E-state index in [0.29, 0.717) is 11.6 Å². The Balaban J connectivity index is 0.00000200. The molecule has 0 spiro atoms. The number of carboxylic acids is 1. The van der Waals surface area contributed by atoms with E-state index < -0.39 is 17.7 Å². The molecule has 1 N–H and O–H groups in total. The lowest BCUT2D eigenvalue weighted by molar-refractivity contribution is -0.137. The molecule has 6 heteroatoms. The first kappa shape index (κ1) is 16.0. The Morgan fingerprint density at radius 2 is 1.60 bits per heavy atom. The zero-order chi connectivity index (χ0) is 14.0. The van der Waals surface area contributed by atoms with E-state index in [1.165, 1.54) is 6.07 Å². The molecule has 0 unspecified atom stereocenters. The van der Waals surface area contributed by atoms with Gasteiger partial charge in [-0.1, -0.05) is 36.4 Å². The van der Waals surface area contributed by atoms with Crippen molar-refractivity contribution in [3.05, 3.63) is 59.7 Å². The molecule has 0 aliphatic heterocycles. The Hall–Kier alpha value is -2.01. The van der Waals surface area contributed by atoms with Gasteiger partial charge in [0.2, 0.25) is 0 Å². The highest BCUT2D eigenvalue weighted by molar-refractivity contribution is 5.96. The van der Waals surface area contributed by atoms with Crippen molar-refractivity contribution in [3.63, 3.8) is 0 Å². The van der Waals surface area contributed by atoms with Crippen LogP contribution in [0.15, 0.2) is 48.5 Å². The summed E-state index contributed by atoms with van der Waals surface area (Å²) >= 11 is 0. The van der Waals surface area contributed by atoms with Gasteiger partial charge in [0.1, 0.15) is 0 Å². The molecule has 2 rings (SSSR count). The summed E-state index contributed by atoms with van der Waals surface area (Å²) in [5, 5.41) is 9.05. The SMILES string of the molecule is Cl.O=C(O)c1cc(C(F)(F)F)ccc1-c1ccccc1. The summed E-state index contributed by atoms with van der Waals surface area (Å²) < 4.78 is 37.7. The zero-order valence-electron chi connectivity index (χ0n) is 10.0. The molecule has 2 aromatic rings. The van der Waals surface area contributed by atoms with E-state index in [1.807, 2.05) is 0 Å². The quantitative estimate of drug-likeness (QED) is 0.887. The van der Waals surface area contributed by atoms with E-state index in [4.69, 9.17) is 5.11 Å². The van der Waals surface area contributed by atoms with Crippen molar-refractivity contribution in [2.45, 2.75) is 6.18 Å². The number of carboxylic acid groups (broad SMARTS) is 1. The minimum Gasteiger partial charge on any atom is -0.478 e. The van der Waals surface area contributed by atoms with E-state index in [-0.39, 0.29) is 23.5 Å². The molecule has 2 aromatic carbocycles. The molecular weight excluding hydrogens is 293 g/mol. The van der Waals surface area contributed by atoms with Crippen LogP contribution in [0.4, 0.5) is 13.2 Å². The monoisotopic (exact) mass is 302 g/mol. The molecule has 0 bridgehead atoms. The summed E-state index contributed by atoms with van der Waals surface area (Å²) in [7, 11) is 0. The summed E-state index contributed by atoms with van der Waals surface area (Å²) in [6, 6.07) is 11.1. The largest absolute Gasteiger partial charge is 0.478 e. The molecule has 0 amide bonds. The number of rotatable bonds is 2. The molecule has 0 fully saturated rings. The van der Waals surface area contributed by atoms with Crippen molar-refractivity contribution in [3.8, 4) is 11.1 Å². The number of halogens is 4. The van der Waals surface area contributed by atoms with Crippen LogP contribution in [0.3, 0.4) is 0 Å². The predicted octanol–water partition coefficient (Wildman–Crippen LogP) is 4.49. The number of benzene rings is 2. The normalized spacial score (nSPS) is 10.8. The third kappa shape index (κ3) is 3.30. The molecule has 106 valence electrons. The van der Waals surface area contributed by atoms with Gasteiger partial charge in [-0.05, 0) is 23.3 Å². The summed E-state index contributed by atoms with van der Waals surface area (Å²) in [5.41, 5.74) is -0.500. The van der Waals surface area contributed by atoms with Crippen LogP contribution in [0.2, 0.25) is 0 Å². The minimum atomic E-state index is -4.56. The Morgan fingerprint density at radius 1 is 1.00 bits per heavy atom. The van der Waals surface area contributed by atoms with Gasteiger partial charge in [0.25, 0.3) is 0 Å². The van der Waals surface area contributed by atoms with Crippen LogP contribution < -0.4 is 0 Å². The topological polar surface area (TPSA) is 37.3 Å². The van der Waals surface area contributed by atoms with Gasteiger partial charge in [0, 0.05) is 0 Å². The van der Waals surface area contributed by atoms with Crippen molar-refractivity contribution in [2.75, 3.05) is 0 Å². The molecular formula is C14H10ClF3O2. The molecule has 0 heterocycles. The van der Waals surface area contributed by atoms with E-state index in [9.17, 15) is 18.0 Å². The van der Waals surface area contributed by atoms with Crippen LogP contribution in [-0.4, -0.2) is 11.1 Å². The van der Waals surface area contributed by atoms with E-state index in [2.05, 4.69) is 0 Å². The first-order valence-electron chi connectivity index (χ1n) is 5.39. The third-order valence-corrected chi connectivity index (χ3v) is 2.66. The summed E-state index contributed by atoms with van der Waals surface area (Å²) in [6.45, 7) is 0. The van der Waals surface area contributed by atoms with Crippen LogP contribution in [-0.2, 0) is 6.18 Å². The van der Waals surface area contributed by atoms with Gasteiger partial charge in [0.05, 0.1) is 11.1 Å². The van der Waals surface area contributed by atoms with Gasteiger partial charge in [-0.3, -0.25) is 0 Å². The third-order valence-electron chi connectivity index (χ3n) is 2.66. The molecule has 20 heavy (non-hydrogen) atoms. The van der Waals surface area contributed by atoms with Gasteiger partial charge in [-0.25, -0.2) is 4.79 Å². The van der Waals surface area contributed by atoms with Gasteiger partial charge < -0.3 is 5.11 Å². The average molecular weight is 303 g/mol. The fourth-order valence-electron chi connectivity index (χ4n) is 1.77. The number of hydrogen-bond acceptors (Lipinski definition) is 1. The Kier molecular flexibility index (Phi) is 4.78. The molecule has 0 saturated heterocycles. The fourth-order valence-corrected chi connectivity index (χ4v) is 1.77. The second-order valence-electron chi connectivity index (χ2n) is 3.93. The second-order valence-corrected chi connectivity index (χ2v) is 3.93. The lowest BCUT2D eigenvalue weighted by atomic mass is 9.97. The Labute approximate surface area is 119 Å². The second kappa shape index (κ2) is 5.96. The highest BCUT2D eigenvalue weighted by atomic mass is 35.5. The van der Waals surface area contributed by atoms with E-state index >= 15 is 0 Å². The highest BCUT2D eigenvalue weighted by Crippen LogP contribution is 2.33. The summed E-state index contributed by atoms with van der Waals surface area (Å²) in [6.07, 6.45) is -4.56. The van der Waals surface area contributed by atoms with Crippen molar-refractivity contribution in [1.29, 1.82) is 0 Å². The van der Waals surface area contributed by atoms with Crippen molar-refractivity contribution >= 4 is 18.4 Å². The number of hydrogen-bond donors (Lipinski definition) is 1. The fraction of sp³-hybridized carbons (Fsp3) is 0.0714. The van der Waals surface area contributed by atoms with Crippen molar-refractivity contribution in [1.82, 2.24) is 0 Å². The average Bonchev–Trinajstić information content (AvgIpc) is 2.38. The lowest BCUT2D eigenvalue weighted by Crippen LogP contribution is -2.08. The van der Waals surface area contributed by atoms with Crippen molar-refractivity contribution < 1.29 is 23.1 Å². The maximum Gasteiger partial charge on any atom is 0.416 e. The molecule has 0 atom stereocenters. The molecule has 0 aliphatic rings. The maximum atomic E-state index is 12.6. The standard InChI is InChI=1S/C14H9F3O2.ClH/c15-14(16,17)10-6-7-11(12(8-10)13(18)19)9-4-2-1-3-5-9;/h1-8H,(H,18,19);1H. The predicted molar refractivity (Wildman–Crippen MR) is 71.1 cm³/mol. The summed E-state index contributed by atoms with van der Waals surface area (Å²) in [5.74, 6) is -1.38. The zero-order valence-corrected chi connectivity index (χ0v) is 10.8. The van der Waals surface area contributed by atoms with Gasteiger partial charge in [-0.2, -0.15) is 13.2 Å². The van der Waals surface area contributed by atoms with Crippen LogP contribution in [0.25, 0.3) is 11.1 Å². The van der Waals surface area contributed by atoms with Crippen molar-refractivity contribution in [2.24, 2.45) is 0 Å². The molecule has 0 aliphatic carbocycles. The first-order chi connectivity index (χ1) is 8.89. The number of alkyl halides is 3. The molecule has 0 saturated carbocycles. The first-order valence-corrected chi connectivity index (χ1v) is 5.39. The van der Waals surface area contributed by atoms with Gasteiger partial charge in [0.15, 0.2) is 0 Å². The van der Waals surface area contributed by atoms with Crippen LogP contribution in [0, 0.1) is 0 Å². The Bertz CT molecular complexity index is 610. The summed E-state index contributed by atoms with van der Waals surface area (Å²) in [4.78, 5) is 11.1. The maximum absolute atomic E-state index is 12.6. The Morgan fingerprint density at radius 3 is 2.10 bits per heavy atom. The van der Waals surface area contributed by atoms with Gasteiger partial charge >= 0.3 is 12.1 Å². The smallest absolute Gasteiger partial charge is 0.416 e. The highest BCUT2D eigenvalue weighted by Gasteiger charge is 2.31. The van der Waals surface area contributed by atoms with Gasteiger partial charge in [-0.15, -0.1) is 12.4 Å². The number of carbonyl (C=O) groups is 1. The van der Waals surface area contributed by atoms with E-state index in [1.54, 1.807) is 30.3 Å².